The fourth-order valence-corrected chi connectivity index (χ4v) is 4.17. The van der Waals surface area contributed by atoms with Gasteiger partial charge in [-0.15, -0.1) is 0 Å². The molecule has 1 saturated carbocycles. The minimum atomic E-state index is -0.175. The van der Waals surface area contributed by atoms with Gasteiger partial charge in [0, 0.05) is 15.8 Å². The fraction of sp³-hybridized carbons (Fsp3) is 0.600. The lowest BCUT2D eigenvalue weighted by Gasteiger charge is -2.53. The number of ether oxygens (including phenoxy) is 1. The Bertz CT molecular complexity index is 403. The van der Waals surface area contributed by atoms with Gasteiger partial charge in [0.05, 0.1) is 12.7 Å². The quantitative estimate of drug-likeness (QED) is 0.717. The summed E-state index contributed by atoms with van der Waals surface area (Å²) in [6, 6.07) is 6.83. The van der Waals surface area contributed by atoms with E-state index >= 15 is 0 Å². The van der Waals surface area contributed by atoms with E-state index in [0.717, 1.165) is 19.3 Å². The highest BCUT2D eigenvalue weighted by Crippen LogP contribution is 2.52. The minimum absolute atomic E-state index is 0.175. The van der Waals surface area contributed by atoms with Crippen molar-refractivity contribution in [2.75, 3.05) is 0 Å². The first-order valence-electron chi connectivity index (χ1n) is 6.63. The molecule has 0 amide bonds. The Morgan fingerprint density at radius 2 is 2.00 bits per heavy atom. The average Bonchev–Trinajstić information content (AvgIpc) is 2.37. The van der Waals surface area contributed by atoms with Gasteiger partial charge < -0.3 is 4.74 Å². The summed E-state index contributed by atoms with van der Waals surface area (Å²) in [4.78, 5) is 0.533. The first kappa shape index (κ1) is 14.0. The molecule has 0 saturated heterocycles. The molecule has 0 heterocycles. The Morgan fingerprint density at radius 1 is 1.33 bits per heavy atom. The van der Waals surface area contributed by atoms with Crippen molar-refractivity contribution in [3.05, 3.63) is 35.6 Å². The second-order valence-electron chi connectivity index (χ2n) is 5.03. The van der Waals surface area contributed by atoms with Gasteiger partial charge in [-0.1, -0.05) is 48.0 Å². The zero-order valence-corrected chi connectivity index (χ0v) is 12.5. The van der Waals surface area contributed by atoms with Crippen LogP contribution >= 0.6 is 15.9 Å². The Morgan fingerprint density at radius 3 is 2.56 bits per heavy atom. The maximum absolute atomic E-state index is 13.5. The summed E-state index contributed by atoms with van der Waals surface area (Å²) in [5.74, 6) is -0.175. The van der Waals surface area contributed by atoms with Gasteiger partial charge in [0.2, 0.25) is 0 Å². The predicted octanol–water partition coefficient (Wildman–Crippen LogP) is 4.68. The molecule has 100 valence electrons. The molecule has 18 heavy (non-hydrogen) atoms. The number of hydrogen-bond acceptors (Lipinski definition) is 1. The van der Waals surface area contributed by atoms with Crippen molar-refractivity contribution in [2.24, 2.45) is 5.41 Å². The lowest BCUT2D eigenvalue weighted by atomic mass is 9.62. The van der Waals surface area contributed by atoms with E-state index in [1.165, 1.54) is 6.07 Å². The van der Waals surface area contributed by atoms with Crippen LogP contribution in [0.5, 0.6) is 0 Å². The fourth-order valence-electron chi connectivity index (χ4n) is 2.89. The standard InChI is InChI=1S/C15H20BrFO/c1-3-15(4-2)13(16)9-14(15)18-10-11-7-5-6-8-12(11)17/h5-8,13-14H,3-4,9-10H2,1-2H3. The first-order chi connectivity index (χ1) is 8.64. The summed E-state index contributed by atoms with van der Waals surface area (Å²) >= 11 is 3.73. The van der Waals surface area contributed by atoms with Gasteiger partial charge in [-0.05, 0) is 25.3 Å². The second-order valence-corrected chi connectivity index (χ2v) is 6.14. The molecule has 0 spiro atoms. The van der Waals surface area contributed by atoms with Gasteiger partial charge >= 0.3 is 0 Å². The molecule has 0 radical (unpaired) electrons. The molecule has 1 fully saturated rings. The molecule has 2 atom stereocenters. The highest BCUT2D eigenvalue weighted by atomic mass is 79.9. The van der Waals surface area contributed by atoms with E-state index in [9.17, 15) is 4.39 Å². The third-order valence-corrected chi connectivity index (χ3v) is 5.69. The summed E-state index contributed by atoms with van der Waals surface area (Å²) in [5, 5.41) is 0. The Hall–Kier alpha value is -0.410. The Kier molecular flexibility index (Phi) is 4.44. The second kappa shape index (κ2) is 5.70. The monoisotopic (exact) mass is 314 g/mol. The molecule has 0 bridgehead atoms. The van der Waals surface area contributed by atoms with Crippen LogP contribution in [0.4, 0.5) is 4.39 Å². The third kappa shape index (κ3) is 2.35. The van der Waals surface area contributed by atoms with Crippen LogP contribution in [0.2, 0.25) is 0 Å². The van der Waals surface area contributed by atoms with Gasteiger partial charge in [-0.2, -0.15) is 0 Å². The van der Waals surface area contributed by atoms with Crippen LogP contribution in [0.15, 0.2) is 24.3 Å². The van der Waals surface area contributed by atoms with Crippen LogP contribution in [0.25, 0.3) is 0 Å². The van der Waals surface area contributed by atoms with Crippen LogP contribution in [-0.2, 0) is 11.3 Å². The van der Waals surface area contributed by atoms with Crippen molar-refractivity contribution in [1.82, 2.24) is 0 Å². The molecule has 1 aliphatic rings. The van der Waals surface area contributed by atoms with E-state index in [-0.39, 0.29) is 17.3 Å². The lowest BCUT2D eigenvalue weighted by molar-refractivity contribution is -0.116. The van der Waals surface area contributed by atoms with Gasteiger partial charge in [-0.25, -0.2) is 4.39 Å². The van der Waals surface area contributed by atoms with E-state index in [1.807, 2.05) is 6.07 Å². The number of benzene rings is 1. The Labute approximate surface area is 117 Å². The van der Waals surface area contributed by atoms with Crippen molar-refractivity contribution in [2.45, 2.75) is 50.6 Å². The lowest BCUT2D eigenvalue weighted by Crippen LogP contribution is -2.54. The maximum Gasteiger partial charge on any atom is 0.128 e. The molecule has 1 nitrogen and oxygen atoms in total. The topological polar surface area (TPSA) is 9.23 Å². The van der Waals surface area contributed by atoms with E-state index in [0.29, 0.717) is 17.0 Å². The van der Waals surface area contributed by atoms with Gasteiger partial charge in [0.1, 0.15) is 5.82 Å². The molecular weight excluding hydrogens is 295 g/mol. The van der Waals surface area contributed by atoms with Gasteiger partial charge in [0.15, 0.2) is 0 Å². The average molecular weight is 315 g/mol. The summed E-state index contributed by atoms with van der Waals surface area (Å²) in [5.41, 5.74) is 0.877. The molecule has 1 aromatic rings. The van der Waals surface area contributed by atoms with Crippen molar-refractivity contribution in [3.8, 4) is 0 Å². The molecule has 0 N–H and O–H groups in total. The largest absolute Gasteiger partial charge is 0.373 e. The zero-order valence-electron chi connectivity index (χ0n) is 11.0. The predicted molar refractivity (Wildman–Crippen MR) is 75.3 cm³/mol. The number of hydrogen-bond donors (Lipinski definition) is 0. The summed E-state index contributed by atoms with van der Waals surface area (Å²) in [6.07, 6.45) is 3.47. The Balaban J connectivity index is 1.98. The highest BCUT2D eigenvalue weighted by Gasteiger charge is 2.52. The van der Waals surface area contributed by atoms with Crippen LogP contribution in [0.3, 0.4) is 0 Å². The van der Waals surface area contributed by atoms with Crippen molar-refractivity contribution in [3.63, 3.8) is 0 Å². The van der Waals surface area contributed by atoms with Crippen LogP contribution < -0.4 is 0 Å². The SMILES string of the molecule is CCC1(CC)C(Br)CC1OCc1ccccc1F. The minimum Gasteiger partial charge on any atom is -0.373 e. The molecule has 1 aromatic carbocycles. The van der Waals surface area contributed by atoms with E-state index in [4.69, 9.17) is 4.74 Å². The molecule has 0 aliphatic heterocycles. The third-order valence-electron chi connectivity index (χ3n) is 4.40. The normalized spacial score (nSPS) is 25.8. The molecule has 2 rings (SSSR count). The molecule has 1 aliphatic carbocycles. The number of rotatable bonds is 5. The smallest absolute Gasteiger partial charge is 0.128 e. The summed E-state index contributed by atoms with van der Waals surface area (Å²) in [6.45, 7) is 4.78. The zero-order chi connectivity index (χ0) is 13.2. The number of alkyl halides is 1. The van der Waals surface area contributed by atoms with Crippen LogP contribution in [0, 0.1) is 11.2 Å². The van der Waals surface area contributed by atoms with Gasteiger partial charge in [-0.3, -0.25) is 0 Å². The number of halogens is 2. The van der Waals surface area contributed by atoms with E-state index < -0.39 is 0 Å². The first-order valence-corrected chi connectivity index (χ1v) is 7.54. The molecule has 2 unspecified atom stereocenters. The highest BCUT2D eigenvalue weighted by molar-refractivity contribution is 9.09. The van der Waals surface area contributed by atoms with Crippen LogP contribution in [0.1, 0.15) is 38.7 Å². The van der Waals surface area contributed by atoms with Crippen molar-refractivity contribution in [1.29, 1.82) is 0 Å². The van der Waals surface area contributed by atoms with E-state index in [1.54, 1.807) is 12.1 Å². The summed E-state index contributed by atoms with van der Waals surface area (Å²) < 4.78 is 19.4. The maximum atomic E-state index is 13.5. The van der Waals surface area contributed by atoms with Crippen molar-refractivity contribution < 1.29 is 9.13 Å². The van der Waals surface area contributed by atoms with E-state index in [2.05, 4.69) is 29.8 Å². The molecule has 3 heteroatoms. The molecular formula is C15H20BrFO. The van der Waals surface area contributed by atoms with Gasteiger partial charge in [0.25, 0.3) is 0 Å². The van der Waals surface area contributed by atoms with Crippen molar-refractivity contribution >= 4 is 15.9 Å². The summed E-state index contributed by atoms with van der Waals surface area (Å²) in [7, 11) is 0. The van der Waals surface area contributed by atoms with Crippen LogP contribution in [-0.4, -0.2) is 10.9 Å². The molecule has 0 aromatic heterocycles.